The second-order valence-electron chi connectivity index (χ2n) is 17.8. The summed E-state index contributed by atoms with van der Waals surface area (Å²) in [6.07, 6.45) is 66.1. The summed E-state index contributed by atoms with van der Waals surface area (Å²) in [5.74, 6) is -0.976. The molecule has 0 unspecified atom stereocenters. The van der Waals surface area contributed by atoms with Crippen molar-refractivity contribution in [2.24, 2.45) is 0 Å². The highest BCUT2D eigenvalue weighted by Crippen LogP contribution is 2.16. The number of esters is 3. The fourth-order valence-corrected chi connectivity index (χ4v) is 7.47. The maximum Gasteiger partial charge on any atom is 0.306 e. The highest BCUT2D eigenvalue weighted by Gasteiger charge is 2.19. The molecule has 368 valence electrons. The first-order valence-corrected chi connectivity index (χ1v) is 26.9. The highest BCUT2D eigenvalue weighted by atomic mass is 16.6. The van der Waals surface area contributed by atoms with Gasteiger partial charge >= 0.3 is 17.9 Å². The molecule has 0 aromatic carbocycles. The topological polar surface area (TPSA) is 78.9 Å². The lowest BCUT2D eigenvalue weighted by Crippen LogP contribution is -2.30. The lowest BCUT2D eigenvalue weighted by Gasteiger charge is -2.18. The minimum Gasteiger partial charge on any atom is -0.462 e. The smallest absolute Gasteiger partial charge is 0.306 e. The van der Waals surface area contributed by atoms with E-state index in [1.807, 2.05) is 6.08 Å². The van der Waals surface area contributed by atoms with Crippen LogP contribution in [0.15, 0.2) is 72.9 Å². The summed E-state index contributed by atoms with van der Waals surface area (Å²) >= 11 is 0. The monoisotopic (exact) mass is 893 g/mol. The van der Waals surface area contributed by atoms with E-state index in [-0.39, 0.29) is 37.5 Å². The van der Waals surface area contributed by atoms with Crippen molar-refractivity contribution in [2.45, 2.75) is 264 Å². The summed E-state index contributed by atoms with van der Waals surface area (Å²) in [7, 11) is 0. The quantitative estimate of drug-likeness (QED) is 0.0262. The normalized spacial score (nSPS) is 12.6. The summed E-state index contributed by atoms with van der Waals surface area (Å²) < 4.78 is 16.8. The second-order valence-corrected chi connectivity index (χ2v) is 17.8. The molecule has 0 aromatic heterocycles. The Balaban J connectivity index is 4.46. The Morgan fingerprint density at radius 1 is 0.328 bits per heavy atom. The molecule has 0 radical (unpaired) electrons. The zero-order chi connectivity index (χ0) is 46.5. The average molecular weight is 893 g/mol. The SMILES string of the molecule is CC/C=C\C/C=C\C/C=C\C/C=C\C/C=C\C/C=C\CCC(=O)OC[C@@H](COC(=O)CCCCCCCCCCCCCC)OC(=O)CCCCCCCCCCCCCCCCC. The number of allylic oxidation sites excluding steroid dienone is 12. The molecular weight excluding hydrogens is 793 g/mol. The first-order chi connectivity index (χ1) is 31.5. The largest absolute Gasteiger partial charge is 0.462 e. The fourth-order valence-electron chi connectivity index (χ4n) is 7.47. The fraction of sp³-hybridized carbons (Fsp3) is 0.741. The maximum atomic E-state index is 12.8. The van der Waals surface area contributed by atoms with Gasteiger partial charge in [-0.25, -0.2) is 0 Å². The first kappa shape index (κ1) is 60.9. The van der Waals surface area contributed by atoms with E-state index in [2.05, 4.69) is 87.6 Å². The highest BCUT2D eigenvalue weighted by molar-refractivity contribution is 5.71. The molecule has 0 bridgehead atoms. The van der Waals surface area contributed by atoms with Crippen LogP contribution in [-0.2, 0) is 28.6 Å². The van der Waals surface area contributed by atoms with Crippen molar-refractivity contribution in [1.82, 2.24) is 0 Å². The summed E-state index contributed by atoms with van der Waals surface area (Å²) in [5.41, 5.74) is 0. The van der Waals surface area contributed by atoms with Gasteiger partial charge in [0.1, 0.15) is 13.2 Å². The third-order valence-corrected chi connectivity index (χ3v) is 11.5. The number of hydrogen-bond acceptors (Lipinski definition) is 6. The predicted molar refractivity (Wildman–Crippen MR) is 274 cm³/mol. The molecule has 0 fully saturated rings. The van der Waals surface area contributed by atoms with E-state index in [0.717, 1.165) is 77.0 Å². The van der Waals surface area contributed by atoms with Crippen molar-refractivity contribution < 1.29 is 28.6 Å². The van der Waals surface area contributed by atoms with Gasteiger partial charge in [-0.3, -0.25) is 14.4 Å². The lowest BCUT2D eigenvalue weighted by molar-refractivity contribution is -0.166. The molecule has 0 aliphatic carbocycles. The molecule has 0 aliphatic rings. The van der Waals surface area contributed by atoms with Crippen molar-refractivity contribution in [1.29, 1.82) is 0 Å². The minimum absolute atomic E-state index is 0.0951. The van der Waals surface area contributed by atoms with E-state index >= 15 is 0 Å². The zero-order valence-electron chi connectivity index (χ0n) is 42.0. The number of hydrogen-bond donors (Lipinski definition) is 0. The third kappa shape index (κ3) is 49.9. The van der Waals surface area contributed by atoms with Crippen molar-refractivity contribution in [3.63, 3.8) is 0 Å². The Labute approximate surface area is 395 Å². The van der Waals surface area contributed by atoms with E-state index in [0.29, 0.717) is 19.3 Å². The van der Waals surface area contributed by atoms with E-state index in [9.17, 15) is 14.4 Å². The number of unbranched alkanes of at least 4 members (excludes halogenated alkanes) is 25. The van der Waals surface area contributed by atoms with Crippen LogP contribution in [-0.4, -0.2) is 37.2 Å². The van der Waals surface area contributed by atoms with Gasteiger partial charge in [-0.05, 0) is 57.8 Å². The van der Waals surface area contributed by atoms with Crippen LogP contribution in [0.3, 0.4) is 0 Å². The molecule has 6 nitrogen and oxygen atoms in total. The molecule has 64 heavy (non-hydrogen) atoms. The molecule has 6 heteroatoms. The number of rotatable bonds is 48. The van der Waals surface area contributed by atoms with Gasteiger partial charge in [-0.2, -0.15) is 0 Å². The molecule has 0 saturated heterocycles. The third-order valence-electron chi connectivity index (χ3n) is 11.5. The number of carbonyl (C=O) groups is 3. The molecule has 0 amide bonds. The van der Waals surface area contributed by atoms with Crippen molar-refractivity contribution in [3.8, 4) is 0 Å². The molecule has 0 saturated carbocycles. The molecule has 1 atom stereocenters. The van der Waals surface area contributed by atoms with Gasteiger partial charge in [-0.1, -0.05) is 254 Å². The minimum atomic E-state index is -0.801. The van der Waals surface area contributed by atoms with Gasteiger partial charge in [0.25, 0.3) is 0 Å². The van der Waals surface area contributed by atoms with Crippen LogP contribution in [0.4, 0.5) is 0 Å². The van der Waals surface area contributed by atoms with E-state index in [4.69, 9.17) is 14.2 Å². The van der Waals surface area contributed by atoms with Crippen LogP contribution in [0.25, 0.3) is 0 Å². The van der Waals surface area contributed by atoms with Crippen LogP contribution in [0.2, 0.25) is 0 Å². The Hall–Kier alpha value is -3.15. The van der Waals surface area contributed by atoms with E-state index < -0.39 is 6.10 Å². The molecular formula is C58H100O6. The summed E-state index contributed by atoms with van der Waals surface area (Å²) in [6, 6.07) is 0. The molecule has 0 rings (SSSR count). The summed E-state index contributed by atoms with van der Waals surface area (Å²) in [5, 5.41) is 0. The Morgan fingerprint density at radius 2 is 0.609 bits per heavy atom. The Bertz CT molecular complexity index is 1210. The first-order valence-electron chi connectivity index (χ1n) is 26.9. The van der Waals surface area contributed by atoms with Gasteiger partial charge in [0.15, 0.2) is 6.10 Å². The van der Waals surface area contributed by atoms with E-state index in [1.54, 1.807) is 0 Å². The molecule has 0 aromatic rings. The molecule has 0 aliphatic heterocycles. The number of carbonyl (C=O) groups excluding carboxylic acids is 3. The molecule has 0 N–H and O–H groups in total. The Kier molecular flexibility index (Phi) is 49.9. The zero-order valence-corrected chi connectivity index (χ0v) is 42.0. The van der Waals surface area contributed by atoms with Gasteiger partial charge in [0.2, 0.25) is 0 Å². The van der Waals surface area contributed by atoms with Gasteiger partial charge < -0.3 is 14.2 Å². The van der Waals surface area contributed by atoms with Crippen molar-refractivity contribution in [2.75, 3.05) is 13.2 Å². The van der Waals surface area contributed by atoms with Crippen LogP contribution < -0.4 is 0 Å². The van der Waals surface area contributed by atoms with Gasteiger partial charge in [0, 0.05) is 19.3 Å². The van der Waals surface area contributed by atoms with Crippen LogP contribution >= 0.6 is 0 Å². The van der Waals surface area contributed by atoms with E-state index in [1.165, 1.54) is 135 Å². The second kappa shape index (κ2) is 52.5. The van der Waals surface area contributed by atoms with Gasteiger partial charge in [0.05, 0.1) is 0 Å². The summed E-state index contributed by atoms with van der Waals surface area (Å²) in [4.78, 5) is 38.0. The molecule has 0 spiro atoms. The van der Waals surface area contributed by atoms with Crippen molar-refractivity contribution >= 4 is 17.9 Å². The predicted octanol–water partition coefficient (Wildman–Crippen LogP) is 17.8. The van der Waals surface area contributed by atoms with Crippen LogP contribution in [0, 0.1) is 0 Å². The standard InChI is InChI=1S/C58H100O6/c1-4-7-10-13-16-19-22-25-27-28-29-30-32-33-36-39-42-45-48-51-57(60)63-54-55(53-62-56(59)50-47-44-41-38-35-24-21-18-15-12-9-6-3)64-58(61)52-49-46-43-40-37-34-31-26-23-20-17-14-11-8-5-2/h7,10,16,19,25,27,29-30,33,36,42,45,55H,4-6,8-9,11-15,17-18,20-24,26,28,31-32,34-35,37-41,43-44,46-54H2,1-3H3/b10-7-,19-16-,27-25-,30-29-,36-33-,45-42-/t55-/m1/s1. The number of ether oxygens (including phenoxy) is 3. The van der Waals surface area contributed by atoms with Crippen LogP contribution in [0.5, 0.6) is 0 Å². The molecule has 0 heterocycles. The van der Waals surface area contributed by atoms with Crippen molar-refractivity contribution in [3.05, 3.63) is 72.9 Å². The van der Waals surface area contributed by atoms with Crippen LogP contribution in [0.1, 0.15) is 258 Å². The Morgan fingerprint density at radius 3 is 0.953 bits per heavy atom. The maximum absolute atomic E-state index is 12.8. The average Bonchev–Trinajstić information content (AvgIpc) is 3.29. The summed E-state index contributed by atoms with van der Waals surface area (Å²) in [6.45, 7) is 6.47. The lowest BCUT2D eigenvalue weighted by atomic mass is 10.0. The van der Waals surface area contributed by atoms with Gasteiger partial charge in [-0.15, -0.1) is 0 Å².